The van der Waals surface area contributed by atoms with Gasteiger partial charge in [-0.1, -0.05) is 30.3 Å². The first-order chi connectivity index (χ1) is 10.8. The lowest BCUT2D eigenvalue weighted by atomic mass is 9.90. The first-order valence-electron chi connectivity index (χ1n) is 7.52. The quantitative estimate of drug-likeness (QED) is 0.491. The molecule has 0 aliphatic rings. The number of ketones is 1. The number of benzene rings is 1. The molecule has 0 radical (unpaired) electrons. The molecule has 120 valence electrons. The molecule has 4 heteroatoms. The fourth-order valence-corrected chi connectivity index (χ4v) is 2.27. The minimum Gasteiger partial charge on any atom is -0.459 e. The standard InChI is InChI=1S/C19H21NO3/c1-13-12-15(10-11-20-13)17(21)16(14-8-6-5-7-9-14)18(22)23-19(2,3)4/h5-12,16H,1-4H3. The van der Waals surface area contributed by atoms with Gasteiger partial charge in [-0.25, -0.2) is 0 Å². The summed E-state index contributed by atoms with van der Waals surface area (Å²) in [5.74, 6) is -1.80. The summed E-state index contributed by atoms with van der Waals surface area (Å²) in [4.78, 5) is 29.6. The van der Waals surface area contributed by atoms with Crippen molar-refractivity contribution in [2.45, 2.75) is 39.2 Å². The Labute approximate surface area is 136 Å². The van der Waals surface area contributed by atoms with Crippen LogP contribution in [-0.4, -0.2) is 22.3 Å². The molecule has 0 spiro atoms. The molecule has 2 aromatic rings. The van der Waals surface area contributed by atoms with Crippen molar-refractivity contribution in [1.29, 1.82) is 0 Å². The lowest BCUT2D eigenvalue weighted by Crippen LogP contribution is -2.31. The van der Waals surface area contributed by atoms with Gasteiger partial charge >= 0.3 is 5.97 Å². The molecule has 0 amide bonds. The third-order valence-corrected chi connectivity index (χ3v) is 3.22. The number of esters is 1. The van der Waals surface area contributed by atoms with Crippen molar-refractivity contribution >= 4 is 11.8 Å². The van der Waals surface area contributed by atoms with E-state index in [1.165, 1.54) is 0 Å². The average molecular weight is 311 g/mol. The summed E-state index contributed by atoms with van der Waals surface area (Å²) in [6, 6.07) is 12.3. The van der Waals surface area contributed by atoms with Crippen molar-refractivity contribution in [1.82, 2.24) is 4.98 Å². The van der Waals surface area contributed by atoms with Crippen LogP contribution in [0.4, 0.5) is 0 Å². The number of nitrogens with zero attached hydrogens (tertiary/aromatic N) is 1. The molecule has 0 N–H and O–H groups in total. The van der Waals surface area contributed by atoms with E-state index < -0.39 is 17.5 Å². The van der Waals surface area contributed by atoms with E-state index in [4.69, 9.17) is 4.74 Å². The Bertz CT molecular complexity index is 702. The third-order valence-electron chi connectivity index (χ3n) is 3.22. The van der Waals surface area contributed by atoms with Gasteiger partial charge in [0.05, 0.1) is 0 Å². The molecule has 1 aromatic heterocycles. The SMILES string of the molecule is Cc1cc(C(=O)C(C(=O)OC(C)(C)C)c2ccccc2)ccn1. The smallest absolute Gasteiger partial charge is 0.321 e. The second-order valence-electron chi connectivity index (χ2n) is 6.43. The van der Waals surface area contributed by atoms with E-state index >= 15 is 0 Å². The average Bonchev–Trinajstić information content (AvgIpc) is 2.46. The maximum atomic E-state index is 12.9. The Kier molecular flexibility index (Phi) is 4.94. The molecule has 1 heterocycles. The summed E-state index contributed by atoms with van der Waals surface area (Å²) in [7, 11) is 0. The van der Waals surface area contributed by atoms with Crippen LogP contribution in [-0.2, 0) is 9.53 Å². The van der Waals surface area contributed by atoms with Crippen LogP contribution in [0.1, 0.15) is 48.3 Å². The van der Waals surface area contributed by atoms with E-state index in [-0.39, 0.29) is 5.78 Å². The number of Topliss-reactive ketones (excluding diaryl/α,β-unsaturated/α-hetero) is 1. The Morgan fingerprint density at radius 3 is 2.30 bits per heavy atom. The monoisotopic (exact) mass is 311 g/mol. The van der Waals surface area contributed by atoms with Gasteiger partial charge in [0, 0.05) is 17.5 Å². The highest BCUT2D eigenvalue weighted by Crippen LogP contribution is 2.25. The Balaban J connectivity index is 2.41. The van der Waals surface area contributed by atoms with Crippen molar-refractivity contribution in [3.05, 3.63) is 65.5 Å². The second kappa shape index (κ2) is 6.73. The molecule has 0 saturated carbocycles. The molecular weight excluding hydrogens is 290 g/mol. The molecular formula is C19H21NO3. The Morgan fingerprint density at radius 2 is 1.74 bits per heavy atom. The van der Waals surface area contributed by atoms with Gasteiger partial charge in [0.25, 0.3) is 0 Å². The molecule has 1 aromatic carbocycles. The van der Waals surface area contributed by atoms with Crippen molar-refractivity contribution in [3.63, 3.8) is 0 Å². The van der Waals surface area contributed by atoms with Crippen LogP contribution in [0.25, 0.3) is 0 Å². The summed E-state index contributed by atoms with van der Waals surface area (Å²) < 4.78 is 5.45. The summed E-state index contributed by atoms with van der Waals surface area (Å²) in [5.41, 5.74) is 1.16. The van der Waals surface area contributed by atoms with E-state index in [1.54, 1.807) is 63.4 Å². The largest absolute Gasteiger partial charge is 0.459 e. The van der Waals surface area contributed by atoms with Crippen LogP contribution in [0.3, 0.4) is 0 Å². The van der Waals surface area contributed by atoms with Gasteiger partial charge in [-0.3, -0.25) is 14.6 Å². The topological polar surface area (TPSA) is 56.3 Å². The molecule has 23 heavy (non-hydrogen) atoms. The molecule has 1 atom stereocenters. The predicted octanol–water partition coefficient (Wildman–Crippen LogP) is 3.70. The normalized spacial score (nSPS) is 12.5. The minimum absolute atomic E-state index is 0.282. The fourth-order valence-electron chi connectivity index (χ4n) is 2.27. The number of pyridine rings is 1. The van der Waals surface area contributed by atoms with Gasteiger partial charge in [0.15, 0.2) is 5.78 Å². The van der Waals surface area contributed by atoms with Gasteiger partial charge in [0.1, 0.15) is 11.5 Å². The summed E-state index contributed by atoms with van der Waals surface area (Å²) in [5, 5.41) is 0. The zero-order valence-electron chi connectivity index (χ0n) is 13.9. The molecule has 0 aliphatic heterocycles. The van der Waals surface area contributed by atoms with Gasteiger partial charge in [-0.15, -0.1) is 0 Å². The number of hydrogen-bond acceptors (Lipinski definition) is 4. The number of carbonyl (C=O) groups excluding carboxylic acids is 2. The number of rotatable bonds is 4. The van der Waals surface area contributed by atoms with Crippen LogP contribution in [0.5, 0.6) is 0 Å². The lowest BCUT2D eigenvalue weighted by Gasteiger charge is -2.23. The summed E-state index contributed by atoms with van der Waals surface area (Å²) in [6.07, 6.45) is 1.57. The van der Waals surface area contributed by atoms with Crippen molar-refractivity contribution < 1.29 is 14.3 Å². The maximum absolute atomic E-state index is 12.9. The number of aromatic nitrogens is 1. The van der Waals surface area contributed by atoms with E-state index in [1.807, 2.05) is 13.0 Å². The highest BCUT2D eigenvalue weighted by molar-refractivity contribution is 6.13. The van der Waals surface area contributed by atoms with Crippen molar-refractivity contribution in [2.75, 3.05) is 0 Å². The zero-order valence-corrected chi connectivity index (χ0v) is 13.9. The van der Waals surface area contributed by atoms with Gasteiger partial charge in [0.2, 0.25) is 0 Å². The van der Waals surface area contributed by atoms with Crippen molar-refractivity contribution in [3.8, 4) is 0 Å². The second-order valence-corrected chi connectivity index (χ2v) is 6.43. The van der Waals surface area contributed by atoms with Gasteiger partial charge < -0.3 is 4.74 Å². The highest BCUT2D eigenvalue weighted by atomic mass is 16.6. The van der Waals surface area contributed by atoms with Crippen LogP contribution < -0.4 is 0 Å². The van der Waals surface area contributed by atoms with E-state index in [0.717, 1.165) is 5.69 Å². The van der Waals surface area contributed by atoms with Crippen molar-refractivity contribution in [2.24, 2.45) is 0 Å². The number of ether oxygens (including phenoxy) is 1. The first kappa shape index (κ1) is 16.9. The summed E-state index contributed by atoms with van der Waals surface area (Å²) in [6.45, 7) is 7.16. The van der Waals surface area contributed by atoms with E-state index in [9.17, 15) is 9.59 Å². The third kappa shape index (κ3) is 4.49. The Hall–Kier alpha value is -2.49. The molecule has 2 rings (SSSR count). The molecule has 0 saturated heterocycles. The number of aryl methyl sites for hydroxylation is 1. The summed E-state index contributed by atoms with van der Waals surface area (Å²) >= 11 is 0. The van der Waals surface area contributed by atoms with Crippen LogP contribution in [0.2, 0.25) is 0 Å². The maximum Gasteiger partial charge on any atom is 0.321 e. The lowest BCUT2D eigenvalue weighted by molar-refractivity contribution is -0.155. The number of hydrogen-bond donors (Lipinski definition) is 0. The predicted molar refractivity (Wildman–Crippen MR) is 88.3 cm³/mol. The zero-order chi connectivity index (χ0) is 17.0. The molecule has 4 nitrogen and oxygen atoms in total. The molecule has 1 unspecified atom stereocenters. The molecule has 0 bridgehead atoms. The Morgan fingerprint density at radius 1 is 1.09 bits per heavy atom. The first-order valence-corrected chi connectivity index (χ1v) is 7.52. The minimum atomic E-state index is -0.975. The van der Waals surface area contributed by atoms with Crippen LogP contribution in [0.15, 0.2) is 48.7 Å². The van der Waals surface area contributed by atoms with Crippen LogP contribution >= 0.6 is 0 Å². The highest BCUT2D eigenvalue weighted by Gasteiger charge is 2.33. The van der Waals surface area contributed by atoms with E-state index in [2.05, 4.69) is 4.98 Å². The van der Waals surface area contributed by atoms with Crippen LogP contribution in [0, 0.1) is 6.92 Å². The van der Waals surface area contributed by atoms with Gasteiger partial charge in [-0.2, -0.15) is 0 Å². The van der Waals surface area contributed by atoms with Gasteiger partial charge in [-0.05, 0) is 45.4 Å². The molecule has 0 fully saturated rings. The molecule has 0 aliphatic carbocycles. The fraction of sp³-hybridized carbons (Fsp3) is 0.316. The van der Waals surface area contributed by atoms with E-state index in [0.29, 0.717) is 11.1 Å². The number of carbonyl (C=O) groups is 2.